The van der Waals surface area contributed by atoms with Gasteiger partial charge in [0.1, 0.15) is 6.20 Å². The first-order valence-corrected chi connectivity index (χ1v) is 4.34. The van der Waals surface area contributed by atoms with Crippen molar-refractivity contribution >= 4 is 16.1 Å². The molecule has 0 radical (unpaired) electrons. The van der Waals surface area contributed by atoms with Crippen molar-refractivity contribution in [3.05, 3.63) is 12.4 Å². The van der Waals surface area contributed by atoms with Crippen LogP contribution in [0.15, 0.2) is 17.4 Å². The van der Waals surface area contributed by atoms with Gasteiger partial charge in [-0.2, -0.15) is 0 Å². The van der Waals surface area contributed by atoms with Crippen LogP contribution in [0.5, 0.6) is 0 Å². The molecule has 0 saturated carbocycles. The molecule has 0 aromatic heterocycles. The van der Waals surface area contributed by atoms with E-state index in [4.69, 9.17) is 4.55 Å². The van der Waals surface area contributed by atoms with E-state index in [2.05, 4.69) is 4.99 Å². The maximum Gasteiger partial charge on any atom is 0.443 e. The van der Waals surface area contributed by atoms with Crippen molar-refractivity contribution in [2.75, 3.05) is 7.05 Å². The van der Waals surface area contributed by atoms with Crippen molar-refractivity contribution in [1.82, 2.24) is 0 Å². The van der Waals surface area contributed by atoms with Gasteiger partial charge in [-0.1, -0.05) is 0 Å². The van der Waals surface area contributed by atoms with Crippen LogP contribution in [0, 0.1) is 0 Å². The summed E-state index contributed by atoms with van der Waals surface area (Å²) in [6.45, 7) is 1.54. The van der Waals surface area contributed by atoms with Gasteiger partial charge < -0.3 is 0 Å². The number of hydrogen-bond donors (Lipinski definition) is 1. The van der Waals surface area contributed by atoms with Crippen LogP contribution in [0.25, 0.3) is 0 Å². The molecule has 1 N–H and O–H groups in total. The molecular weight excluding hydrogens is 168 g/mol. The van der Waals surface area contributed by atoms with Gasteiger partial charge in [0.25, 0.3) is 0 Å². The number of quaternary nitrogens is 1. The zero-order chi connectivity index (χ0) is 8.70. The Kier molecular flexibility index (Phi) is 1.62. The lowest BCUT2D eigenvalue weighted by atomic mass is 10.6. The Morgan fingerprint density at radius 1 is 1.64 bits per heavy atom. The van der Waals surface area contributed by atoms with Gasteiger partial charge in [0.2, 0.25) is 5.84 Å². The molecule has 11 heavy (non-hydrogen) atoms. The second-order valence-corrected chi connectivity index (χ2v) is 4.07. The molecule has 62 valence electrons. The summed E-state index contributed by atoms with van der Waals surface area (Å²) in [5, 5.41) is 0. The van der Waals surface area contributed by atoms with Crippen LogP contribution in [-0.4, -0.2) is 29.7 Å². The van der Waals surface area contributed by atoms with Crippen molar-refractivity contribution in [2.45, 2.75) is 6.92 Å². The molecule has 0 spiro atoms. The van der Waals surface area contributed by atoms with E-state index in [0.29, 0.717) is 5.84 Å². The van der Waals surface area contributed by atoms with E-state index in [1.54, 1.807) is 0 Å². The molecule has 0 bridgehead atoms. The fraction of sp³-hybridized carbons (Fsp3) is 0.400. The van der Waals surface area contributed by atoms with Gasteiger partial charge >= 0.3 is 10.3 Å². The highest BCUT2D eigenvalue weighted by Gasteiger charge is 2.40. The van der Waals surface area contributed by atoms with Crippen LogP contribution < -0.4 is 0 Å². The Morgan fingerprint density at radius 3 is 2.36 bits per heavy atom. The summed E-state index contributed by atoms with van der Waals surface area (Å²) in [5.74, 6) is 0.326. The fourth-order valence-electron chi connectivity index (χ4n) is 0.735. The van der Waals surface area contributed by atoms with Crippen molar-refractivity contribution in [3.63, 3.8) is 0 Å². The predicted octanol–water partition coefficient (Wildman–Crippen LogP) is 0.139. The minimum atomic E-state index is -4.13. The summed E-state index contributed by atoms with van der Waals surface area (Å²) in [4.78, 5) is 3.72. The molecule has 1 aliphatic rings. The van der Waals surface area contributed by atoms with Crippen LogP contribution in [-0.2, 0) is 10.3 Å². The molecule has 0 fully saturated rings. The van der Waals surface area contributed by atoms with E-state index in [-0.39, 0.29) is 0 Å². The fourth-order valence-corrected chi connectivity index (χ4v) is 1.32. The lowest BCUT2D eigenvalue weighted by Gasteiger charge is -2.19. The summed E-state index contributed by atoms with van der Waals surface area (Å²) in [6.07, 6.45) is 2.65. The Labute approximate surface area is 65.1 Å². The minimum Gasteiger partial charge on any atom is -0.241 e. The number of amidine groups is 1. The summed E-state index contributed by atoms with van der Waals surface area (Å²) in [5.41, 5.74) is 0. The maximum atomic E-state index is 10.8. The molecule has 6 heteroatoms. The largest absolute Gasteiger partial charge is 0.443 e. The van der Waals surface area contributed by atoms with Gasteiger partial charge in [-0.3, -0.25) is 0 Å². The van der Waals surface area contributed by atoms with E-state index >= 15 is 0 Å². The zero-order valence-electron chi connectivity index (χ0n) is 6.22. The molecule has 5 nitrogen and oxygen atoms in total. The van der Waals surface area contributed by atoms with Gasteiger partial charge in [0, 0.05) is 6.92 Å². The number of nitrogens with zero attached hydrogens (tertiary/aromatic N) is 2. The van der Waals surface area contributed by atoms with E-state index in [1.165, 1.54) is 26.4 Å². The van der Waals surface area contributed by atoms with E-state index in [1.807, 2.05) is 0 Å². The highest BCUT2D eigenvalue weighted by molar-refractivity contribution is 7.80. The molecule has 0 aromatic rings. The van der Waals surface area contributed by atoms with Crippen LogP contribution in [0.4, 0.5) is 0 Å². The quantitative estimate of drug-likeness (QED) is 0.457. The number of hydrogen-bond acceptors (Lipinski definition) is 3. The second-order valence-electron chi connectivity index (χ2n) is 2.41. The molecule has 1 heterocycles. The van der Waals surface area contributed by atoms with Gasteiger partial charge in [0.15, 0.2) is 0 Å². The van der Waals surface area contributed by atoms with Crippen LogP contribution in [0.2, 0.25) is 0 Å². The van der Waals surface area contributed by atoms with E-state index < -0.39 is 14.2 Å². The number of aliphatic imine (C=N–C) groups is 1. The molecule has 1 atom stereocenters. The summed E-state index contributed by atoms with van der Waals surface area (Å²) < 4.78 is 29.6. The zero-order valence-corrected chi connectivity index (χ0v) is 7.04. The normalized spacial score (nSPS) is 30.6. The summed E-state index contributed by atoms with van der Waals surface area (Å²) >= 11 is 0. The van der Waals surface area contributed by atoms with Crippen LogP contribution in [0.3, 0.4) is 0 Å². The standard InChI is InChI=1S/C5H8N2O3S/c1-5-6-3-4-7(5,2)11(8,9)10/h3-4H,1-2H3/p+1. The lowest BCUT2D eigenvalue weighted by Crippen LogP contribution is -2.45. The third kappa shape index (κ3) is 1.09. The minimum absolute atomic E-state index is 0.326. The maximum absolute atomic E-state index is 10.8. The molecule has 1 unspecified atom stereocenters. The van der Waals surface area contributed by atoms with Crippen molar-refractivity contribution in [3.8, 4) is 0 Å². The van der Waals surface area contributed by atoms with Crippen molar-refractivity contribution in [1.29, 1.82) is 0 Å². The predicted molar refractivity (Wildman–Crippen MR) is 40.0 cm³/mol. The first-order valence-electron chi connectivity index (χ1n) is 2.94. The Balaban J connectivity index is 3.24. The monoisotopic (exact) mass is 177 g/mol. The van der Waals surface area contributed by atoms with E-state index in [0.717, 1.165) is 0 Å². The first-order chi connectivity index (χ1) is 4.88. The topological polar surface area (TPSA) is 66.7 Å². The lowest BCUT2D eigenvalue weighted by molar-refractivity contribution is -0.626. The van der Waals surface area contributed by atoms with Gasteiger partial charge in [-0.15, -0.1) is 12.3 Å². The molecule has 0 aliphatic carbocycles. The average molecular weight is 177 g/mol. The summed E-state index contributed by atoms with van der Waals surface area (Å²) in [6, 6.07) is 0. The molecule has 0 amide bonds. The SMILES string of the molecule is CC1=NC=C[N+]1(C)S(=O)(=O)O. The Bertz CT molecular complexity index is 330. The molecule has 0 aromatic carbocycles. The van der Waals surface area contributed by atoms with Gasteiger partial charge in [-0.05, 0) is 0 Å². The first kappa shape index (κ1) is 8.38. The van der Waals surface area contributed by atoms with Crippen LogP contribution in [0.1, 0.15) is 6.92 Å². The van der Waals surface area contributed by atoms with Crippen molar-refractivity contribution < 1.29 is 16.9 Å². The van der Waals surface area contributed by atoms with Gasteiger partial charge in [-0.25, -0.2) is 9.55 Å². The highest BCUT2D eigenvalue weighted by atomic mass is 32.2. The molecular formula is C5H9N2O3S+. The Morgan fingerprint density at radius 2 is 2.18 bits per heavy atom. The Hall–Kier alpha value is -0.720. The average Bonchev–Trinajstić information content (AvgIpc) is 2.12. The van der Waals surface area contributed by atoms with Crippen LogP contribution >= 0.6 is 0 Å². The third-order valence-electron chi connectivity index (χ3n) is 1.73. The molecule has 0 saturated heterocycles. The molecule has 1 aliphatic heterocycles. The van der Waals surface area contributed by atoms with Crippen molar-refractivity contribution in [2.24, 2.45) is 4.99 Å². The number of rotatable bonds is 1. The highest BCUT2D eigenvalue weighted by Crippen LogP contribution is 2.17. The molecule has 1 rings (SSSR count). The second kappa shape index (κ2) is 2.13. The smallest absolute Gasteiger partial charge is 0.241 e. The summed E-state index contributed by atoms with van der Waals surface area (Å²) in [7, 11) is -2.79. The third-order valence-corrected chi connectivity index (χ3v) is 3.08. The van der Waals surface area contributed by atoms with E-state index in [9.17, 15) is 8.42 Å². The van der Waals surface area contributed by atoms with Gasteiger partial charge in [0.05, 0.1) is 13.2 Å².